The third-order valence-electron chi connectivity index (χ3n) is 6.24. The highest BCUT2D eigenvalue weighted by Gasteiger charge is 2.32. The molecule has 4 rings (SSSR count). The largest absolute Gasteiger partial charge is 0.490 e. The molecule has 0 spiro atoms. The van der Waals surface area contributed by atoms with E-state index in [1.165, 1.54) is 6.42 Å². The first-order valence-corrected chi connectivity index (χ1v) is 10.2. The summed E-state index contributed by atoms with van der Waals surface area (Å²) in [6, 6.07) is 6.17. The fraction of sp³-hybridized carbons (Fsp3) is 0.619. The van der Waals surface area contributed by atoms with Gasteiger partial charge in [-0.3, -0.25) is 9.59 Å². The Kier molecular flexibility index (Phi) is 5.23. The number of nitrogens with zero attached hydrogens (tertiary/aromatic N) is 2. The van der Waals surface area contributed by atoms with Crippen molar-refractivity contribution >= 4 is 17.6 Å². The Morgan fingerprint density at radius 3 is 2.44 bits per heavy atom. The number of amides is 1. The van der Waals surface area contributed by atoms with Crippen LogP contribution in [-0.4, -0.2) is 54.2 Å². The second-order valence-electron chi connectivity index (χ2n) is 7.92. The van der Waals surface area contributed by atoms with Gasteiger partial charge in [-0.05, 0) is 63.1 Å². The van der Waals surface area contributed by atoms with Crippen LogP contribution in [0.15, 0.2) is 18.2 Å². The van der Waals surface area contributed by atoms with Crippen molar-refractivity contribution in [3.63, 3.8) is 0 Å². The Morgan fingerprint density at radius 1 is 1.00 bits per heavy atom. The molecule has 0 aromatic heterocycles. The minimum Gasteiger partial charge on any atom is -0.490 e. The molecule has 2 heterocycles. The van der Waals surface area contributed by atoms with E-state index in [9.17, 15) is 14.7 Å². The predicted octanol–water partition coefficient (Wildman–Crippen LogP) is 3.15. The molecule has 0 radical (unpaired) electrons. The Bertz CT molecular complexity index is 706. The number of aliphatic carboxylic acids is 1. The van der Waals surface area contributed by atoms with Crippen molar-refractivity contribution in [3.05, 3.63) is 23.8 Å². The molecule has 1 aliphatic carbocycles. The highest BCUT2D eigenvalue weighted by Crippen LogP contribution is 2.38. The summed E-state index contributed by atoms with van der Waals surface area (Å²) in [7, 11) is 0. The van der Waals surface area contributed by atoms with Gasteiger partial charge in [0.1, 0.15) is 12.4 Å². The van der Waals surface area contributed by atoms with Crippen LogP contribution < -0.4 is 9.64 Å². The number of likely N-dealkylation sites (tertiary alicyclic amines) is 1. The van der Waals surface area contributed by atoms with Crippen molar-refractivity contribution in [3.8, 4) is 5.75 Å². The predicted molar refractivity (Wildman–Crippen MR) is 102 cm³/mol. The molecule has 0 bridgehead atoms. The van der Waals surface area contributed by atoms with Gasteiger partial charge >= 0.3 is 5.97 Å². The zero-order valence-electron chi connectivity index (χ0n) is 15.7. The van der Waals surface area contributed by atoms with Gasteiger partial charge in [0.15, 0.2) is 0 Å². The first-order valence-electron chi connectivity index (χ1n) is 10.2. The van der Waals surface area contributed by atoms with Crippen LogP contribution in [0.3, 0.4) is 0 Å². The number of hydrogen-bond donors (Lipinski definition) is 1. The number of carboxylic acid groups (broad SMARTS) is 1. The van der Waals surface area contributed by atoms with E-state index in [-0.39, 0.29) is 11.8 Å². The van der Waals surface area contributed by atoms with E-state index in [1.807, 2.05) is 23.1 Å². The number of anilines is 1. The molecule has 0 atom stereocenters. The van der Waals surface area contributed by atoms with Gasteiger partial charge in [-0.25, -0.2) is 0 Å². The fourth-order valence-corrected chi connectivity index (χ4v) is 4.67. The number of carbonyl (C=O) groups is 2. The molecule has 27 heavy (non-hydrogen) atoms. The summed E-state index contributed by atoms with van der Waals surface area (Å²) in [6.07, 6.45) is 6.63. The zero-order chi connectivity index (χ0) is 18.8. The van der Waals surface area contributed by atoms with Gasteiger partial charge in [-0.1, -0.05) is 0 Å². The quantitative estimate of drug-likeness (QED) is 0.883. The van der Waals surface area contributed by atoms with Gasteiger partial charge in [0.2, 0.25) is 0 Å². The summed E-state index contributed by atoms with van der Waals surface area (Å²) in [5.41, 5.74) is 1.74. The third-order valence-corrected chi connectivity index (χ3v) is 6.24. The molecule has 1 saturated carbocycles. The number of benzene rings is 1. The molecule has 1 N–H and O–H groups in total. The van der Waals surface area contributed by atoms with Crippen LogP contribution in [0, 0.1) is 5.92 Å². The summed E-state index contributed by atoms with van der Waals surface area (Å²) in [6.45, 7) is 3.10. The zero-order valence-corrected chi connectivity index (χ0v) is 15.7. The maximum atomic E-state index is 12.8. The number of piperidine rings is 1. The summed E-state index contributed by atoms with van der Waals surface area (Å²) in [5, 5.41) is 9.21. The average molecular weight is 372 g/mol. The number of fused-ring (bicyclic) bond motifs is 1. The Balaban J connectivity index is 1.49. The molecule has 6 nitrogen and oxygen atoms in total. The van der Waals surface area contributed by atoms with Crippen LogP contribution in [0.2, 0.25) is 0 Å². The normalized spacial score (nSPS) is 25.5. The Hall–Kier alpha value is -2.24. The molecule has 3 aliphatic rings. The van der Waals surface area contributed by atoms with E-state index in [0.717, 1.165) is 69.6 Å². The van der Waals surface area contributed by atoms with Crippen LogP contribution in [0.25, 0.3) is 0 Å². The summed E-state index contributed by atoms with van der Waals surface area (Å²) >= 11 is 0. The minimum absolute atomic E-state index is 0.0974. The van der Waals surface area contributed by atoms with Crippen LogP contribution in [0.4, 0.5) is 5.69 Å². The van der Waals surface area contributed by atoms with Crippen LogP contribution >= 0.6 is 0 Å². The van der Waals surface area contributed by atoms with Crippen molar-refractivity contribution in [2.45, 2.75) is 51.0 Å². The molecular formula is C21H28N2O4. The standard InChI is InChI=1S/C21H28N2O4/c24-20(22-10-2-1-3-11-22)16-6-9-18-19(14-16)27-13-12-23(18)17-7-4-15(5-8-17)21(25)26/h6,9,14-15,17H,1-5,7-8,10-13H2,(H,25,26). The third kappa shape index (κ3) is 3.75. The molecule has 6 heteroatoms. The van der Waals surface area contributed by atoms with E-state index in [4.69, 9.17) is 4.74 Å². The number of ether oxygens (including phenoxy) is 1. The lowest BCUT2D eigenvalue weighted by molar-refractivity contribution is -0.142. The fourth-order valence-electron chi connectivity index (χ4n) is 4.67. The number of hydrogen-bond acceptors (Lipinski definition) is 4. The molecule has 2 aliphatic heterocycles. The number of rotatable bonds is 3. The van der Waals surface area contributed by atoms with Gasteiger partial charge in [0.25, 0.3) is 5.91 Å². The van der Waals surface area contributed by atoms with Crippen molar-refractivity contribution in [1.82, 2.24) is 4.90 Å². The van der Waals surface area contributed by atoms with Crippen molar-refractivity contribution in [2.75, 3.05) is 31.1 Å². The van der Waals surface area contributed by atoms with E-state index in [2.05, 4.69) is 4.90 Å². The molecule has 1 saturated heterocycles. The van der Waals surface area contributed by atoms with Crippen LogP contribution in [0.1, 0.15) is 55.3 Å². The first kappa shape index (κ1) is 18.1. The molecular weight excluding hydrogens is 344 g/mol. The molecule has 2 fully saturated rings. The van der Waals surface area contributed by atoms with Gasteiger partial charge < -0.3 is 19.6 Å². The van der Waals surface area contributed by atoms with Gasteiger partial charge in [0, 0.05) is 24.7 Å². The Morgan fingerprint density at radius 2 is 1.74 bits per heavy atom. The molecule has 1 aromatic carbocycles. The SMILES string of the molecule is O=C(O)C1CCC(N2CCOc3cc(C(=O)N4CCCCC4)ccc32)CC1. The van der Waals surface area contributed by atoms with E-state index in [1.54, 1.807) is 0 Å². The maximum Gasteiger partial charge on any atom is 0.306 e. The van der Waals surface area contributed by atoms with E-state index in [0.29, 0.717) is 18.2 Å². The summed E-state index contributed by atoms with van der Waals surface area (Å²) in [4.78, 5) is 28.3. The second-order valence-corrected chi connectivity index (χ2v) is 7.92. The Labute approximate surface area is 160 Å². The lowest BCUT2D eigenvalue weighted by atomic mass is 9.85. The van der Waals surface area contributed by atoms with Crippen molar-refractivity contribution in [2.24, 2.45) is 5.92 Å². The highest BCUT2D eigenvalue weighted by molar-refractivity contribution is 5.95. The smallest absolute Gasteiger partial charge is 0.306 e. The van der Waals surface area contributed by atoms with Crippen molar-refractivity contribution < 1.29 is 19.4 Å². The van der Waals surface area contributed by atoms with Gasteiger partial charge in [-0.15, -0.1) is 0 Å². The first-order chi connectivity index (χ1) is 13.1. The van der Waals surface area contributed by atoms with Gasteiger partial charge in [-0.2, -0.15) is 0 Å². The lowest BCUT2D eigenvalue weighted by Crippen LogP contribution is -2.43. The maximum absolute atomic E-state index is 12.8. The van der Waals surface area contributed by atoms with Gasteiger partial charge in [0.05, 0.1) is 18.2 Å². The highest BCUT2D eigenvalue weighted by atomic mass is 16.5. The van der Waals surface area contributed by atoms with Crippen LogP contribution in [0.5, 0.6) is 5.75 Å². The second kappa shape index (κ2) is 7.79. The average Bonchev–Trinajstić information content (AvgIpc) is 2.73. The molecule has 146 valence electrons. The summed E-state index contributed by atoms with van der Waals surface area (Å²) < 4.78 is 5.88. The topological polar surface area (TPSA) is 70.1 Å². The molecule has 1 aromatic rings. The lowest BCUT2D eigenvalue weighted by Gasteiger charge is -2.40. The monoisotopic (exact) mass is 372 g/mol. The molecule has 0 unspecified atom stereocenters. The minimum atomic E-state index is -0.670. The number of carboxylic acids is 1. The molecule has 1 amide bonds. The van der Waals surface area contributed by atoms with Crippen molar-refractivity contribution in [1.29, 1.82) is 0 Å². The van der Waals surface area contributed by atoms with E-state index < -0.39 is 5.97 Å². The van der Waals surface area contributed by atoms with E-state index >= 15 is 0 Å². The number of carbonyl (C=O) groups excluding carboxylic acids is 1. The summed E-state index contributed by atoms with van der Waals surface area (Å²) in [5.74, 6) is 0.00709. The van der Waals surface area contributed by atoms with Crippen LogP contribution in [-0.2, 0) is 4.79 Å².